The van der Waals surface area contributed by atoms with E-state index in [1.807, 2.05) is 6.07 Å². The van der Waals surface area contributed by atoms with Gasteiger partial charge in [0.25, 0.3) is 5.91 Å². The van der Waals surface area contributed by atoms with Gasteiger partial charge in [-0.2, -0.15) is 10.2 Å². The SMILES string of the molecule is COc1ccc(-c2cc(C(=O)N/N=C\c3ccc(O)cc3)[nH]n2)cc1OC. The first-order chi connectivity index (χ1) is 13.1. The summed E-state index contributed by atoms with van der Waals surface area (Å²) in [7, 11) is 3.12. The van der Waals surface area contributed by atoms with Crippen molar-refractivity contribution in [3.8, 4) is 28.5 Å². The van der Waals surface area contributed by atoms with Gasteiger partial charge in [0.15, 0.2) is 11.5 Å². The predicted molar refractivity (Wildman–Crippen MR) is 100 cm³/mol. The molecule has 8 heteroatoms. The molecule has 2 aromatic carbocycles. The highest BCUT2D eigenvalue weighted by Crippen LogP contribution is 2.31. The molecule has 0 fully saturated rings. The average molecular weight is 366 g/mol. The molecule has 0 unspecified atom stereocenters. The molecule has 3 N–H and O–H groups in total. The van der Waals surface area contributed by atoms with Crippen LogP contribution in [0.1, 0.15) is 16.1 Å². The third-order valence-electron chi connectivity index (χ3n) is 3.77. The summed E-state index contributed by atoms with van der Waals surface area (Å²) < 4.78 is 10.5. The molecule has 0 saturated carbocycles. The summed E-state index contributed by atoms with van der Waals surface area (Å²) in [6.07, 6.45) is 1.48. The van der Waals surface area contributed by atoms with E-state index in [1.165, 1.54) is 18.3 Å². The van der Waals surface area contributed by atoms with Crippen LogP contribution < -0.4 is 14.9 Å². The predicted octanol–water partition coefficient (Wildman–Crippen LogP) is 2.56. The molecule has 0 aliphatic carbocycles. The molecule has 0 saturated heterocycles. The maximum atomic E-state index is 12.2. The third-order valence-corrected chi connectivity index (χ3v) is 3.77. The van der Waals surface area contributed by atoms with Crippen molar-refractivity contribution in [3.63, 3.8) is 0 Å². The molecule has 1 amide bonds. The molecule has 1 heterocycles. The van der Waals surface area contributed by atoms with Gasteiger partial charge in [0.2, 0.25) is 0 Å². The molecular weight excluding hydrogens is 348 g/mol. The van der Waals surface area contributed by atoms with E-state index in [0.29, 0.717) is 17.2 Å². The fourth-order valence-corrected chi connectivity index (χ4v) is 2.37. The number of aromatic hydroxyl groups is 1. The Balaban J connectivity index is 1.69. The molecular formula is C19H18N4O4. The summed E-state index contributed by atoms with van der Waals surface area (Å²) in [5.41, 5.74) is 4.79. The van der Waals surface area contributed by atoms with Gasteiger partial charge in [-0.05, 0) is 54.1 Å². The standard InChI is InChI=1S/C19H18N4O4/c1-26-17-8-5-13(9-18(17)27-2)15-10-16(22-21-15)19(25)23-20-11-12-3-6-14(24)7-4-12/h3-11,24H,1-2H3,(H,21,22)(H,23,25)/b20-11-. The highest BCUT2D eigenvalue weighted by molar-refractivity contribution is 5.94. The number of phenols is 1. The van der Waals surface area contributed by atoms with E-state index in [9.17, 15) is 9.90 Å². The van der Waals surface area contributed by atoms with Gasteiger partial charge in [0.1, 0.15) is 11.4 Å². The van der Waals surface area contributed by atoms with Crippen molar-refractivity contribution in [1.29, 1.82) is 0 Å². The Bertz CT molecular complexity index is 964. The largest absolute Gasteiger partial charge is 0.508 e. The van der Waals surface area contributed by atoms with Crippen LogP contribution in [0.2, 0.25) is 0 Å². The first kappa shape index (κ1) is 18.0. The molecule has 3 aromatic rings. The molecule has 0 aliphatic rings. The first-order valence-electron chi connectivity index (χ1n) is 8.01. The molecule has 8 nitrogen and oxygen atoms in total. The number of rotatable bonds is 6. The van der Waals surface area contributed by atoms with E-state index in [-0.39, 0.29) is 11.4 Å². The van der Waals surface area contributed by atoms with E-state index >= 15 is 0 Å². The first-order valence-corrected chi connectivity index (χ1v) is 8.01. The second-order valence-corrected chi connectivity index (χ2v) is 5.53. The fraction of sp³-hybridized carbons (Fsp3) is 0.105. The van der Waals surface area contributed by atoms with Crippen molar-refractivity contribution in [3.05, 3.63) is 59.8 Å². The summed E-state index contributed by atoms with van der Waals surface area (Å²) in [6.45, 7) is 0. The number of carbonyl (C=O) groups is 1. The van der Waals surface area contributed by atoms with Crippen LogP contribution in [-0.2, 0) is 0 Å². The van der Waals surface area contributed by atoms with Crippen molar-refractivity contribution < 1.29 is 19.4 Å². The molecule has 0 radical (unpaired) electrons. The van der Waals surface area contributed by atoms with E-state index in [0.717, 1.165) is 11.1 Å². The zero-order valence-corrected chi connectivity index (χ0v) is 14.8. The zero-order chi connectivity index (χ0) is 19.2. The minimum Gasteiger partial charge on any atom is -0.508 e. The maximum absolute atomic E-state index is 12.2. The molecule has 0 aliphatic heterocycles. The number of amides is 1. The maximum Gasteiger partial charge on any atom is 0.289 e. The van der Waals surface area contributed by atoms with Crippen LogP contribution in [0.25, 0.3) is 11.3 Å². The Kier molecular flexibility index (Phi) is 5.36. The fourth-order valence-electron chi connectivity index (χ4n) is 2.37. The van der Waals surface area contributed by atoms with E-state index in [2.05, 4.69) is 20.7 Å². The van der Waals surface area contributed by atoms with Crippen LogP contribution in [0.4, 0.5) is 0 Å². The smallest absolute Gasteiger partial charge is 0.289 e. The van der Waals surface area contributed by atoms with Crippen molar-refractivity contribution in [2.24, 2.45) is 5.10 Å². The van der Waals surface area contributed by atoms with Crippen LogP contribution in [0.3, 0.4) is 0 Å². The molecule has 138 valence electrons. The summed E-state index contributed by atoms with van der Waals surface area (Å²) in [6, 6.07) is 13.4. The third kappa shape index (κ3) is 4.24. The quantitative estimate of drug-likeness (QED) is 0.459. The lowest BCUT2D eigenvalue weighted by Gasteiger charge is -2.08. The van der Waals surface area contributed by atoms with E-state index < -0.39 is 5.91 Å². The minimum atomic E-state index is -0.427. The van der Waals surface area contributed by atoms with Gasteiger partial charge in [-0.3, -0.25) is 9.89 Å². The Labute approximate surface area is 155 Å². The Morgan fingerprint density at radius 3 is 2.56 bits per heavy atom. The number of aromatic amines is 1. The number of hydrogen-bond donors (Lipinski definition) is 3. The summed E-state index contributed by atoms with van der Waals surface area (Å²) >= 11 is 0. The van der Waals surface area contributed by atoms with Crippen LogP contribution in [0.15, 0.2) is 53.6 Å². The summed E-state index contributed by atoms with van der Waals surface area (Å²) in [5.74, 6) is 0.918. The van der Waals surface area contributed by atoms with Gasteiger partial charge in [-0.1, -0.05) is 0 Å². The minimum absolute atomic E-state index is 0.163. The van der Waals surface area contributed by atoms with Crippen LogP contribution >= 0.6 is 0 Å². The van der Waals surface area contributed by atoms with Crippen molar-refractivity contribution in [2.45, 2.75) is 0 Å². The van der Waals surface area contributed by atoms with Crippen LogP contribution in [-0.4, -0.2) is 41.6 Å². The van der Waals surface area contributed by atoms with Crippen LogP contribution in [0.5, 0.6) is 17.2 Å². The number of H-pyrrole nitrogens is 1. The van der Waals surface area contributed by atoms with Crippen molar-refractivity contribution in [2.75, 3.05) is 14.2 Å². The number of aromatic nitrogens is 2. The Morgan fingerprint density at radius 2 is 1.85 bits per heavy atom. The lowest BCUT2D eigenvalue weighted by molar-refractivity contribution is 0.0950. The molecule has 0 bridgehead atoms. The molecule has 1 aromatic heterocycles. The van der Waals surface area contributed by atoms with Crippen LogP contribution in [0, 0.1) is 0 Å². The van der Waals surface area contributed by atoms with Gasteiger partial charge in [0, 0.05) is 5.56 Å². The van der Waals surface area contributed by atoms with Gasteiger partial charge in [-0.15, -0.1) is 0 Å². The topological polar surface area (TPSA) is 109 Å². The number of hydrazone groups is 1. The van der Waals surface area contributed by atoms with Crippen molar-refractivity contribution >= 4 is 12.1 Å². The summed E-state index contributed by atoms with van der Waals surface area (Å²) in [4.78, 5) is 12.2. The molecule has 27 heavy (non-hydrogen) atoms. The number of hydrogen-bond acceptors (Lipinski definition) is 6. The van der Waals surface area contributed by atoms with E-state index in [4.69, 9.17) is 9.47 Å². The highest BCUT2D eigenvalue weighted by atomic mass is 16.5. The monoisotopic (exact) mass is 366 g/mol. The Hall–Kier alpha value is -3.81. The second kappa shape index (κ2) is 8.05. The lowest BCUT2D eigenvalue weighted by Crippen LogP contribution is -2.17. The number of carbonyl (C=O) groups excluding carboxylic acids is 1. The van der Waals surface area contributed by atoms with Crippen molar-refractivity contribution in [1.82, 2.24) is 15.6 Å². The van der Waals surface area contributed by atoms with Gasteiger partial charge in [-0.25, -0.2) is 5.43 Å². The summed E-state index contributed by atoms with van der Waals surface area (Å²) in [5, 5.41) is 20.0. The number of benzene rings is 2. The molecule has 0 spiro atoms. The number of ether oxygens (including phenoxy) is 2. The van der Waals surface area contributed by atoms with E-state index in [1.54, 1.807) is 44.6 Å². The lowest BCUT2D eigenvalue weighted by atomic mass is 10.1. The highest BCUT2D eigenvalue weighted by Gasteiger charge is 2.12. The Morgan fingerprint density at radius 1 is 1.11 bits per heavy atom. The number of methoxy groups -OCH3 is 2. The average Bonchev–Trinajstić information content (AvgIpc) is 3.19. The zero-order valence-electron chi connectivity index (χ0n) is 14.8. The van der Waals surface area contributed by atoms with Gasteiger partial charge < -0.3 is 14.6 Å². The number of phenolic OH excluding ortho intramolecular Hbond substituents is 1. The second-order valence-electron chi connectivity index (χ2n) is 5.53. The molecule has 3 rings (SSSR count). The van der Waals surface area contributed by atoms with Gasteiger partial charge in [0.05, 0.1) is 26.1 Å². The number of nitrogens with one attached hydrogen (secondary N) is 2. The number of nitrogens with zero attached hydrogens (tertiary/aromatic N) is 2. The normalized spacial score (nSPS) is 10.7. The van der Waals surface area contributed by atoms with Gasteiger partial charge >= 0.3 is 0 Å². The molecule has 0 atom stereocenters.